The number of nitrogen functional groups attached to an aromatic ring is 1. The number of hydrogen-bond acceptors (Lipinski definition) is 9. The van der Waals surface area contributed by atoms with Crippen LogP contribution in [0.4, 0.5) is 24.9 Å². The van der Waals surface area contributed by atoms with Crippen LogP contribution in [0.2, 0.25) is 0 Å². The lowest BCUT2D eigenvalue weighted by Crippen LogP contribution is -2.48. The van der Waals surface area contributed by atoms with Gasteiger partial charge in [-0.05, 0) is 73.1 Å². The van der Waals surface area contributed by atoms with Crippen LogP contribution in [0, 0.1) is 17.8 Å². The number of fused-ring (bicyclic) bond motifs is 4. The predicted octanol–water partition coefficient (Wildman–Crippen LogP) is 4.55. The summed E-state index contributed by atoms with van der Waals surface area (Å²) in [5.74, 6) is 1.11. The van der Waals surface area contributed by atoms with Crippen LogP contribution < -0.4 is 20.1 Å². The third kappa shape index (κ3) is 6.43. The Labute approximate surface area is 264 Å². The number of carboxylic acids is 1. The fourth-order valence-electron chi connectivity index (χ4n) is 7.40. The van der Waals surface area contributed by atoms with Crippen LogP contribution in [0.15, 0.2) is 42.5 Å². The minimum Gasteiger partial charge on any atom is -0.489 e. The fourth-order valence-corrected chi connectivity index (χ4v) is 7.40. The first-order valence-corrected chi connectivity index (χ1v) is 15.7. The molecular weight excluding hydrogens is 603 g/mol. The third-order valence-corrected chi connectivity index (χ3v) is 9.68. The van der Waals surface area contributed by atoms with Gasteiger partial charge in [0.2, 0.25) is 5.95 Å². The number of nitrogens with two attached hydrogens (primary N) is 1. The van der Waals surface area contributed by atoms with Crippen LogP contribution in [0.25, 0.3) is 11.3 Å². The number of halogens is 3. The van der Waals surface area contributed by atoms with Crippen LogP contribution in [0.3, 0.4) is 0 Å². The summed E-state index contributed by atoms with van der Waals surface area (Å²) < 4.78 is 53.3. The van der Waals surface area contributed by atoms with E-state index >= 15 is 0 Å². The Hall–Kier alpha value is -4.10. The van der Waals surface area contributed by atoms with Crippen molar-refractivity contribution in [3.05, 3.63) is 59.2 Å². The molecule has 1 saturated heterocycles. The molecule has 4 atom stereocenters. The Morgan fingerprint density at radius 3 is 2.48 bits per heavy atom. The van der Waals surface area contributed by atoms with Crippen molar-refractivity contribution < 1.29 is 37.3 Å². The SMILES string of the molecule is Nc1nc2c(c(N3CCN(CCO[C@H]4CC[C@H]5[C@H](C(=O)O)[C@H]54)CC3)n1)CCc1cc(OCc3ccc(OC(F)(F)F)cc3)ccc1-2. The standard InChI is InChI=1S/C33H36F3N5O5/c34-33(35,36)46-21-4-1-19(2-5-21)18-45-22-6-8-23-20(17-22)3-7-25-29(23)38-32(37)39-30(25)41-13-11-40(12-14-41)15-16-44-26-10-9-24-27(26)28(24)31(42)43/h1-2,4-6,8,17,24,26-28H,3,7,9-16,18H2,(H,42,43)(H2,37,38,39)/t24-,26+,27-,28+/m1/s1. The molecule has 2 saturated carbocycles. The second kappa shape index (κ2) is 12.3. The van der Waals surface area contributed by atoms with Gasteiger partial charge in [0.15, 0.2) is 0 Å². The molecule has 4 aliphatic rings. The molecule has 3 aromatic rings. The first kappa shape index (κ1) is 30.5. The van der Waals surface area contributed by atoms with Crippen molar-refractivity contribution in [3.63, 3.8) is 0 Å². The monoisotopic (exact) mass is 639 g/mol. The van der Waals surface area contributed by atoms with Crippen molar-refractivity contribution in [2.75, 3.05) is 50.0 Å². The molecule has 3 aliphatic carbocycles. The molecular formula is C33H36F3N5O5. The lowest BCUT2D eigenvalue weighted by atomic mass is 9.88. The number of nitrogens with zero attached hydrogens (tertiary/aromatic N) is 4. The largest absolute Gasteiger partial charge is 0.573 e. The van der Waals surface area contributed by atoms with Crippen molar-refractivity contribution in [2.45, 2.75) is 44.8 Å². The molecule has 0 unspecified atom stereocenters. The molecule has 3 fully saturated rings. The maximum atomic E-state index is 12.4. The molecule has 0 amide bonds. The van der Waals surface area contributed by atoms with Gasteiger partial charge in [-0.3, -0.25) is 9.69 Å². The van der Waals surface area contributed by atoms with E-state index in [1.165, 1.54) is 12.1 Å². The van der Waals surface area contributed by atoms with Gasteiger partial charge in [-0.15, -0.1) is 13.2 Å². The average Bonchev–Trinajstić information content (AvgIpc) is 3.62. The molecule has 3 N–H and O–H groups in total. The Morgan fingerprint density at radius 1 is 1.00 bits per heavy atom. The van der Waals surface area contributed by atoms with Crippen molar-refractivity contribution in [1.82, 2.24) is 14.9 Å². The number of ether oxygens (including phenoxy) is 3. The van der Waals surface area contributed by atoms with E-state index in [1.807, 2.05) is 18.2 Å². The van der Waals surface area contributed by atoms with Gasteiger partial charge in [0.1, 0.15) is 23.9 Å². The van der Waals surface area contributed by atoms with Crippen molar-refractivity contribution in [3.8, 4) is 22.8 Å². The van der Waals surface area contributed by atoms with E-state index in [0.717, 1.165) is 92.2 Å². The van der Waals surface area contributed by atoms with Crippen molar-refractivity contribution in [1.29, 1.82) is 0 Å². The maximum absolute atomic E-state index is 12.4. The number of aromatic nitrogens is 2. The Balaban J connectivity index is 0.945. The summed E-state index contributed by atoms with van der Waals surface area (Å²) in [6.45, 7) is 4.98. The number of alkyl halides is 3. The summed E-state index contributed by atoms with van der Waals surface area (Å²) in [4.78, 5) is 25.3. The summed E-state index contributed by atoms with van der Waals surface area (Å²) in [6.07, 6.45) is -1.18. The zero-order valence-corrected chi connectivity index (χ0v) is 25.2. The van der Waals surface area contributed by atoms with E-state index in [-0.39, 0.29) is 36.2 Å². The summed E-state index contributed by atoms with van der Waals surface area (Å²) in [5.41, 5.74) is 10.9. The Kier molecular flexibility index (Phi) is 8.14. The summed E-state index contributed by atoms with van der Waals surface area (Å²) in [6, 6.07) is 11.4. The predicted molar refractivity (Wildman–Crippen MR) is 162 cm³/mol. The van der Waals surface area contributed by atoms with Gasteiger partial charge < -0.3 is 30.0 Å². The highest BCUT2D eigenvalue weighted by molar-refractivity contribution is 5.76. The number of benzene rings is 2. The molecule has 2 aromatic carbocycles. The van der Waals surface area contributed by atoms with Gasteiger partial charge in [-0.1, -0.05) is 12.1 Å². The van der Waals surface area contributed by atoms with Crippen LogP contribution in [-0.2, 0) is 29.0 Å². The summed E-state index contributed by atoms with van der Waals surface area (Å²) >= 11 is 0. The number of piperazine rings is 1. The molecule has 0 radical (unpaired) electrons. The number of aliphatic carboxylic acids is 1. The molecule has 244 valence electrons. The highest BCUT2D eigenvalue weighted by Crippen LogP contribution is 2.58. The second-order valence-electron chi connectivity index (χ2n) is 12.5. The summed E-state index contributed by atoms with van der Waals surface area (Å²) in [5, 5.41) is 9.34. The molecule has 13 heteroatoms. The molecule has 46 heavy (non-hydrogen) atoms. The normalized spacial score (nSPS) is 23.8. The molecule has 0 bridgehead atoms. The van der Waals surface area contributed by atoms with Gasteiger partial charge in [0, 0.05) is 49.8 Å². The summed E-state index contributed by atoms with van der Waals surface area (Å²) in [7, 11) is 0. The van der Waals surface area contributed by atoms with Gasteiger partial charge in [0.25, 0.3) is 0 Å². The fraction of sp³-hybridized carbons (Fsp3) is 0.485. The van der Waals surface area contributed by atoms with E-state index in [1.54, 1.807) is 12.1 Å². The smallest absolute Gasteiger partial charge is 0.489 e. The molecule has 0 spiro atoms. The van der Waals surface area contributed by atoms with E-state index in [0.29, 0.717) is 18.3 Å². The number of hydrogen-bond donors (Lipinski definition) is 2. The van der Waals surface area contributed by atoms with Crippen LogP contribution in [0.1, 0.15) is 29.5 Å². The Bertz CT molecular complexity index is 1600. The second-order valence-corrected chi connectivity index (χ2v) is 12.5. The molecule has 7 rings (SSSR count). The van der Waals surface area contributed by atoms with Crippen molar-refractivity contribution >= 4 is 17.7 Å². The Morgan fingerprint density at radius 2 is 1.76 bits per heavy atom. The van der Waals surface area contributed by atoms with Gasteiger partial charge >= 0.3 is 12.3 Å². The van der Waals surface area contributed by atoms with E-state index in [4.69, 9.17) is 15.2 Å². The van der Waals surface area contributed by atoms with Crippen molar-refractivity contribution in [2.24, 2.45) is 17.8 Å². The molecule has 2 heterocycles. The zero-order valence-electron chi connectivity index (χ0n) is 25.2. The molecule has 1 aromatic heterocycles. The average molecular weight is 640 g/mol. The minimum atomic E-state index is -4.73. The first-order chi connectivity index (χ1) is 22.1. The van der Waals surface area contributed by atoms with E-state index in [2.05, 4.69) is 24.5 Å². The number of carboxylic acid groups (broad SMARTS) is 1. The highest BCUT2D eigenvalue weighted by atomic mass is 19.4. The number of anilines is 2. The first-order valence-electron chi connectivity index (χ1n) is 15.7. The van der Waals surface area contributed by atoms with Gasteiger partial charge in [0.05, 0.1) is 24.3 Å². The van der Waals surface area contributed by atoms with E-state index in [9.17, 15) is 23.1 Å². The quantitative estimate of drug-likeness (QED) is 0.327. The number of rotatable bonds is 10. The molecule has 1 aliphatic heterocycles. The number of aryl methyl sites for hydroxylation is 1. The van der Waals surface area contributed by atoms with Crippen LogP contribution >= 0.6 is 0 Å². The van der Waals surface area contributed by atoms with Gasteiger partial charge in [-0.2, -0.15) is 4.98 Å². The van der Waals surface area contributed by atoms with Crippen LogP contribution in [-0.4, -0.2) is 77.7 Å². The van der Waals surface area contributed by atoms with Gasteiger partial charge in [-0.25, -0.2) is 4.98 Å². The topological polar surface area (TPSA) is 123 Å². The lowest BCUT2D eigenvalue weighted by Gasteiger charge is -2.37. The highest BCUT2D eigenvalue weighted by Gasteiger charge is 2.62. The maximum Gasteiger partial charge on any atom is 0.573 e. The van der Waals surface area contributed by atoms with Crippen LogP contribution in [0.5, 0.6) is 11.5 Å². The van der Waals surface area contributed by atoms with E-state index < -0.39 is 12.3 Å². The lowest BCUT2D eigenvalue weighted by molar-refractivity contribution is -0.274. The number of carbonyl (C=O) groups is 1. The third-order valence-electron chi connectivity index (χ3n) is 9.68. The zero-order chi connectivity index (χ0) is 32.0. The molecule has 10 nitrogen and oxygen atoms in total. The minimum absolute atomic E-state index is 0.0796.